The van der Waals surface area contributed by atoms with E-state index in [1.165, 1.54) is 0 Å². The quantitative estimate of drug-likeness (QED) is 0.879. The van der Waals surface area contributed by atoms with Crippen LogP contribution in [0.25, 0.3) is 0 Å². The number of methoxy groups -OCH3 is 1. The summed E-state index contributed by atoms with van der Waals surface area (Å²) < 4.78 is 12.2. The van der Waals surface area contributed by atoms with Gasteiger partial charge in [-0.2, -0.15) is 0 Å². The number of pyridine rings is 1. The third-order valence-corrected chi connectivity index (χ3v) is 3.23. The first-order valence-corrected chi connectivity index (χ1v) is 7.06. The van der Waals surface area contributed by atoms with Gasteiger partial charge in [0.2, 0.25) is 0 Å². The molecule has 0 aliphatic carbocycles. The monoisotopic (exact) mass is 336 g/mol. The molecule has 1 heterocycles. The molecule has 0 atom stereocenters. The minimum absolute atomic E-state index is 0.448. The molecule has 0 unspecified atom stereocenters. The summed E-state index contributed by atoms with van der Waals surface area (Å²) in [5.74, 6) is 1.50. The average Bonchev–Trinajstić information content (AvgIpc) is 2.46. The van der Waals surface area contributed by atoms with Crippen LogP contribution < -0.4 is 14.8 Å². The summed E-state index contributed by atoms with van der Waals surface area (Å²) in [6.07, 6.45) is 3.54. The molecule has 0 radical (unpaired) electrons. The minimum Gasteiger partial charge on any atom is -0.493 e. The average molecular weight is 337 g/mol. The Morgan fingerprint density at radius 2 is 2.15 bits per heavy atom. The first-order chi connectivity index (χ1) is 9.74. The lowest BCUT2D eigenvalue weighted by molar-refractivity contribution is 0.280. The number of nitrogens with one attached hydrogen (secondary N) is 1. The lowest BCUT2D eigenvalue weighted by Crippen LogP contribution is -2.08. The van der Waals surface area contributed by atoms with Crippen molar-refractivity contribution in [3.05, 3.63) is 52.3 Å². The number of rotatable bonds is 6. The zero-order chi connectivity index (χ0) is 14.4. The Kier molecular flexibility index (Phi) is 5.38. The third kappa shape index (κ3) is 3.71. The second kappa shape index (κ2) is 7.26. The zero-order valence-corrected chi connectivity index (χ0v) is 13.1. The molecule has 0 fully saturated rings. The number of nitrogens with zero attached hydrogens (tertiary/aromatic N) is 1. The van der Waals surface area contributed by atoms with Gasteiger partial charge in [-0.1, -0.05) is 12.1 Å². The van der Waals surface area contributed by atoms with Crippen molar-refractivity contribution < 1.29 is 9.47 Å². The van der Waals surface area contributed by atoms with Crippen molar-refractivity contribution in [2.24, 2.45) is 0 Å². The molecule has 0 saturated carbocycles. The topological polar surface area (TPSA) is 43.4 Å². The Morgan fingerprint density at radius 1 is 1.30 bits per heavy atom. The van der Waals surface area contributed by atoms with Crippen LogP contribution >= 0.6 is 15.9 Å². The maximum absolute atomic E-state index is 5.93. The summed E-state index contributed by atoms with van der Waals surface area (Å²) in [6, 6.07) is 7.86. The Morgan fingerprint density at radius 3 is 2.85 bits per heavy atom. The van der Waals surface area contributed by atoms with Gasteiger partial charge in [-0.25, -0.2) is 0 Å². The van der Waals surface area contributed by atoms with Crippen molar-refractivity contribution in [1.82, 2.24) is 10.3 Å². The Bertz CT molecular complexity index is 576. The van der Waals surface area contributed by atoms with Gasteiger partial charge >= 0.3 is 0 Å². The number of benzene rings is 1. The molecule has 4 nitrogen and oxygen atoms in total. The van der Waals surface area contributed by atoms with Gasteiger partial charge in [0.05, 0.1) is 7.11 Å². The van der Waals surface area contributed by atoms with Crippen molar-refractivity contribution in [3.8, 4) is 11.5 Å². The van der Waals surface area contributed by atoms with Crippen molar-refractivity contribution in [1.29, 1.82) is 0 Å². The van der Waals surface area contributed by atoms with Crippen molar-refractivity contribution in [2.45, 2.75) is 13.2 Å². The number of para-hydroxylation sites is 1. The summed E-state index contributed by atoms with van der Waals surface area (Å²) >= 11 is 3.40. The molecule has 0 aliphatic rings. The van der Waals surface area contributed by atoms with Gasteiger partial charge in [-0.15, -0.1) is 0 Å². The highest BCUT2D eigenvalue weighted by molar-refractivity contribution is 9.10. The summed E-state index contributed by atoms with van der Waals surface area (Å²) in [4.78, 5) is 4.13. The summed E-state index contributed by atoms with van der Waals surface area (Å²) in [5, 5.41) is 3.13. The molecule has 2 aromatic rings. The normalized spacial score (nSPS) is 10.3. The number of hydrogen-bond acceptors (Lipinski definition) is 4. The van der Waals surface area contributed by atoms with E-state index in [0.29, 0.717) is 6.61 Å². The van der Waals surface area contributed by atoms with Gasteiger partial charge in [0.25, 0.3) is 0 Å². The zero-order valence-electron chi connectivity index (χ0n) is 11.5. The van der Waals surface area contributed by atoms with Gasteiger partial charge in [-0.3, -0.25) is 4.98 Å². The van der Waals surface area contributed by atoms with Crippen LogP contribution in [0.2, 0.25) is 0 Å². The van der Waals surface area contributed by atoms with E-state index in [1.54, 1.807) is 19.5 Å². The van der Waals surface area contributed by atoms with Gasteiger partial charge in [0, 0.05) is 34.5 Å². The van der Waals surface area contributed by atoms with Crippen molar-refractivity contribution in [3.63, 3.8) is 0 Å². The highest BCUT2D eigenvalue weighted by Crippen LogP contribution is 2.31. The third-order valence-electron chi connectivity index (χ3n) is 2.79. The molecule has 0 bridgehead atoms. The summed E-state index contributed by atoms with van der Waals surface area (Å²) in [7, 11) is 3.55. The van der Waals surface area contributed by atoms with E-state index in [1.807, 2.05) is 31.3 Å². The number of hydrogen-bond donors (Lipinski definition) is 1. The molecule has 1 aromatic heterocycles. The van der Waals surface area contributed by atoms with Crippen LogP contribution in [0, 0.1) is 0 Å². The van der Waals surface area contributed by atoms with Gasteiger partial charge in [0.1, 0.15) is 6.61 Å². The molecule has 1 N–H and O–H groups in total. The fourth-order valence-electron chi connectivity index (χ4n) is 1.91. The van der Waals surface area contributed by atoms with Crippen LogP contribution in [0.4, 0.5) is 0 Å². The van der Waals surface area contributed by atoms with E-state index in [9.17, 15) is 0 Å². The van der Waals surface area contributed by atoms with Crippen LogP contribution in [-0.2, 0) is 13.2 Å². The molecule has 0 spiro atoms. The van der Waals surface area contributed by atoms with Crippen LogP contribution in [0.3, 0.4) is 0 Å². The molecular formula is C15H17BrN2O2. The van der Waals surface area contributed by atoms with Crippen LogP contribution in [0.5, 0.6) is 11.5 Å². The molecule has 0 saturated heterocycles. The number of aromatic nitrogens is 1. The SMILES string of the molecule is CNCc1cccc(OC)c1OCc1cncc(Br)c1. The van der Waals surface area contributed by atoms with E-state index < -0.39 is 0 Å². The molecular weight excluding hydrogens is 320 g/mol. The van der Waals surface area contributed by atoms with E-state index in [0.717, 1.165) is 33.6 Å². The predicted molar refractivity (Wildman–Crippen MR) is 82.0 cm³/mol. The summed E-state index contributed by atoms with van der Waals surface area (Å²) in [5.41, 5.74) is 2.07. The maximum atomic E-state index is 5.93. The predicted octanol–water partition coefficient (Wildman–Crippen LogP) is 3.15. The molecule has 0 amide bonds. The second-order valence-electron chi connectivity index (χ2n) is 4.28. The maximum Gasteiger partial charge on any atom is 0.166 e. The lowest BCUT2D eigenvalue weighted by Gasteiger charge is -2.15. The highest BCUT2D eigenvalue weighted by Gasteiger charge is 2.10. The van der Waals surface area contributed by atoms with E-state index in [-0.39, 0.29) is 0 Å². The fraction of sp³-hybridized carbons (Fsp3) is 0.267. The standard InChI is InChI=1S/C15H17BrN2O2/c1-17-8-12-4-3-5-14(19-2)15(12)20-10-11-6-13(16)9-18-7-11/h3-7,9,17H,8,10H2,1-2H3. The van der Waals surface area contributed by atoms with Crippen LogP contribution in [-0.4, -0.2) is 19.1 Å². The minimum atomic E-state index is 0.448. The largest absolute Gasteiger partial charge is 0.493 e. The Labute approximate surface area is 127 Å². The summed E-state index contributed by atoms with van der Waals surface area (Å²) in [6.45, 7) is 1.17. The Balaban J connectivity index is 2.19. The molecule has 0 aliphatic heterocycles. The Hall–Kier alpha value is -1.59. The van der Waals surface area contributed by atoms with Crippen LogP contribution in [0.15, 0.2) is 41.1 Å². The highest BCUT2D eigenvalue weighted by atomic mass is 79.9. The van der Waals surface area contributed by atoms with E-state index >= 15 is 0 Å². The second-order valence-corrected chi connectivity index (χ2v) is 5.19. The molecule has 20 heavy (non-hydrogen) atoms. The van der Waals surface area contributed by atoms with E-state index in [4.69, 9.17) is 9.47 Å². The molecule has 1 aromatic carbocycles. The smallest absolute Gasteiger partial charge is 0.166 e. The fourth-order valence-corrected chi connectivity index (χ4v) is 2.32. The van der Waals surface area contributed by atoms with Crippen molar-refractivity contribution >= 4 is 15.9 Å². The van der Waals surface area contributed by atoms with Crippen molar-refractivity contribution in [2.75, 3.05) is 14.2 Å². The lowest BCUT2D eigenvalue weighted by atomic mass is 10.2. The number of ether oxygens (including phenoxy) is 2. The first kappa shape index (κ1) is 14.8. The van der Waals surface area contributed by atoms with Gasteiger partial charge in [-0.05, 0) is 35.1 Å². The molecule has 2 rings (SSSR count). The number of halogens is 1. The van der Waals surface area contributed by atoms with Gasteiger partial charge < -0.3 is 14.8 Å². The molecule has 106 valence electrons. The van der Waals surface area contributed by atoms with Crippen LogP contribution in [0.1, 0.15) is 11.1 Å². The van der Waals surface area contributed by atoms with E-state index in [2.05, 4.69) is 26.2 Å². The molecule has 5 heteroatoms. The van der Waals surface area contributed by atoms with Gasteiger partial charge in [0.15, 0.2) is 11.5 Å². The first-order valence-electron chi connectivity index (χ1n) is 6.27.